The summed E-state index contributed by atoms with van der Waals surface area (Å²) in [5.74, 6) is -0.441. The van der Waals surface area contributed by atoms with E-state index < -0.39 is 11.6 Å². The Morgan fingerprint density at radius 3 is 2.59 bits per heavy atom. The molecule has 0 radical (unpaired) electrons. The Morgan fingerprint density at radius 1 is 1.21 bits per heavy atom. The van der Waals surface area contributed by atoms with E-state index in [9.17, 15) is 13.6 Å². The van der Waals surface area contributed by atoms with Crippen LogP contribution in [0.5, 0.6) is 5.75 Å². The smallest absolute Gasteiger partial charge is 0.269 e. The molecule has 29 heavy (non-hydrogen) atoms. The molecule has 2 aromatic carbocycles. The van der Waals surface area contributed by atoms with Gasteiger partial charge in [0.25, 0.3) is 5.56 Å². The summed E-state index contributed by atoms with van der Waals surface area (Å²) in [6.07, 6.45) is 2.77. The van der Waals surface area contributed by atoms with E-state index in [4.69, 9.17) is 16.3 Å². The lowest BCUT2D eigenvalue weighted by Crippen LogP contribution is -2.36. The molecule has 2 heterocycles. The number of halogens is 3. The number of piperidine rings is 1. The molecule has 0 N–H and O–H groups in total. The number of aromatic nitrogens is 2. The van der Waals surface area contributed by atoms with Crippen molar-refractivity contribution >= 4 is 28.3 Å². The van der Waals surface area contributed by atoms with Crippen molar-refractivity contribution in [3.8, 4) is 5.75 Å². The summed E-state index contributed by atoms with van der Waals surface area (Å²) >= 11 is 5.71. The predicted octanol–water partition coefficient (Wildman–Crippen LogP) is 4.16. The highest BCUT2D eigenvalue weighted by Crippen LogP contribution is 2.31. The van der Waals surface area contributed by atoms with Gasteiger partial charge in [0.1, 0.15) is 17.0 Å². The number of para-hydroxylation sites is 1. The third kappa shape index (κ3) is 3.92. The molecule has 0 bridgehead atoms. The first kappa shape index (κ1) is 19.6. The quantitative estimate of drug-likeness (QED) is 0.637. The van der Waals surface area contributed by atoms with Gasteiger partial charge in [-0.05, 0) is 43.0 Å². The van der Waals surface area contributed by atoms with Crippen LogP contribution in [0, 0.1) is 17.6 Å². The lowest BCUT2D eigenvalue weighted by molar-refractivity contribution is 0.224. The summed E-state index contributed by atoms with van der Waals surface area (Å²) in [5, 5.41) is 0.0472. The van der Waals surface area contributed by atoms with Gasteiger partial charge in [0, 0.05) is 25.2 Å². The van der Waals surface area contributed by atoms with Crippen molar-refractivity contribution in [1.29, 1.82) is 0 Å². The molecule has 4 rings (SSSR count). The van der Waals surface area contributed by atoms with E-state index in [1.807, 2.05) is 18.2 Å². The van der Waals surface area contributed by atoms with Gasteiger partial charge in [0.15, 0.2) is 11.6 Å². The largest absolute Gasteiger partial charge is 0.491 e. The molecule has 1 aliphatic rings. The zero-order valence-corrected chi connectivity index (χ0v) is 16.6. The lowest BCUT2D eigenvalue weighted by atomic mass is 9.97. The maximum absolute atomic E-state index is 14.2. The Kier molecular flexibility index (Phi) is 5.41. The highest BCUT2D eigenvalue weighted by molar-refractivity contribution is 6.30. The summed E-state index contributed by atoms with van der Waals surface area (Å²) < 4.78 is 35.8. The van der Waals surface area contributed by atoms with Gasteiger partial charge in [-0.2, -0.15) is 0 Å². The van der Waals surface area contributed by atoms with E-state index in [1.54, 1.807) is 11.9 Å². The maximum atomic E-state index is 14.2. The fourth-order valence-electron chi connectivity index (χ4n) is 3.76. The lowest BCUT2D eigenvalue weighted by Gasteiger charge is -2.34. The van der Waals surface area contributed by atoms with Gasteiger partial charge in [-0.15, -0.1) is 0 Å². The summed E-state index contributed by atoms with van der Waals surface area (Å²) in [6, 6.07) is 7.75. The van der Waals surface area contributed by atoms with Gasteiger partial charge in [0.05, 0.1) is 18.3 Å². The van der Waals surface area contributed by atoms with Crippen LogP contribution >= 0.6 is 11.6 Å². The van der Waals surface area contributed by atoms with Crippen LogP contribution in [0.1, 0.15) is 12.8 Å². The van der Waals surface area contributed by atoms with E-state index in [0.717, 1.165) is 25.0 Å². The first-order valence-electron chi connectivity index (χ1n) is 9.41. The number of rotatable bonds is 4. The zero-order valence-electron chi connectivity index (χ0n) is 15.9. The number of ether oxygens (including phenoxy) is 1. The number of nitrogens with zero attached hydrogens (tertiary/aromatic N) is 3. The number of hydrogen-bond donors (Lipinski definition) is 0. The van der Waals surface area contributed by atoms with E-state index in [0.29, 0.717) is 36.5 Å². The molecule has 3 aromatic rings. The van der Waals surface area contributed by atoms with E-state index >= 15 is 0 Å². The number of fused-ring (bicyclic) bond motifs is 1. The Hall–Kier alpha value is -2.67. The van der Waals surface area contributed by atoms with Crippen molar-refractivity contribution in [3.05, 3.63) is 63.5 Å². The fourth-order valence-corrected chi connectivity index (χ4v) is 3.95. The second-order valence-electron chi connectivity index (χ2n) is 7.24. The topological polar surface area (TPSA) is 47.4 Å². The van der Waals surface area contributed by atoms with E-state index in [-0.39, 0.29) is 22.2 Å². The SMILES string of the molecule is Cn1c(=O)cnc2cccc(OCC3CCN(c4c(F)cc(Cl)cc4F)CC3)c21. The minimum absolute atomic E-state index is 0.0242. The third-order valence-electron chi connectivity index (χ3n) is 5.34. The second-order valence-corrected chi connectivity index (χ2v) is 7.68. The van der Waals surface area contributed by atoms with Crippen LogP contribution in [0.2, 0.25) is 5.02 Å². The Balaban J connectivity index is 1.43. The normalized spacial score (nSPS) is 15.1. The van der Waals surface area contributed by atoms with Crippen molar-refractivity contribution in [3.63, 3.8) is 0 Å². The van der Waals surface area contributed by atoms with Crippen molar-refractivity contribution in [1.82, 2.24) is 9.55 Å². The molecule has 1 saturated heterocycles. The summed E-state index contributed by atoms with van der Waals surface area (Å²) in [7, 11) is 1.69. The predicted molar refractivity (Wildman–Crippen MR) is 109 cm³/mol. The van der Waals surface area contributed by atoms with Crippen LogP contribution in [-0.4, -0.2) is 29.2 Å². The first-order chi connectivity index (χ1) is 13.9. The number of anilines is 1. The molecule has 0 atom stereocenters. The molecule has 152 valence electrons. The molecule has 0 saturated carbocycles. The molecular weight excluding hydrogens is 400 g/mol. The summed E-state index contributed by atoms with van der Waals surface area (Å²) in [6.45, 7) is 1.51. The average Bonchev–Trinajstić information content (AvgIpc) is 2.69. The van der Waals surface area contributed by atoms with Crippen LogP contribution < -0.4 is 15.2 Å². The summed E-state index contributed by atoms with van der Waals surface area (Å²) in [5.41, 5.74) is 1.12. The Labute approximate surface area is 171 Å². The van der Waals surface area contributed by atoms with Crippen LogP contribution in [0.25, 0.3) is 11.0 Å². The van der Waals surface area contributed by atoms with Gasteiger partial charge in [0.2, 0.25) is 0 Å². The van der Waals surface area contributed by atoms with Gasteiger partial charge < -0.3 is 14.2 Å². The minimum atomic E-state index is -0.645. The minimum Gasteiger partial charge on any atom is -0.491 e. The standard InChI is InChI=1S/C21H20ClF2N3O2/c1-26-19(28)11-25-17-3-2-4-18(21(17)26)29-12-13-5-7-27(8-6-13)20-15(23)9-14(22)10-16(20)24/h2-4,9-11,13H,5-8,12H2,1H3. The van der Waals surface area contributed by atoms with Crippen molar-refractivity contribution in [2.24, 2.45) is 13.0 Å². The van der Waals surface area contributed by atoms with Crippen LogP contribution in [0.15, 0.2) is 41.3 Å². The van der Waals surface area contributed by atoms with Gasteiger partial charge in [-0.1, -0.05) is 17.7 Å². The van der Waals surface area contributed by atoms with E-state index in [2.05, 4.69) is 4.98 Å². The monoisotopic (exact) mass is 419 g/mol. The Morgan fingerprint density at radius 2 is 1.90 bits per heavy atom. The molecule has 1 fully saturated rings. The van der Waals surface area contributed by atoms with E-state index in [1.165, 1.54) is 10.8 Å². The molecule has 5 nitrogen and oxygen atoms in total. The molecular formula is C21H20ClF2N3O2. The molecule has 0 aliphatic carbocycles. The zero-order chi connectivity index (χ0) is 20.5. The molecule has 1 aliphatic heterocycles. The molecule has 8 heteroatoms. The number of aryl methyl sites for hydroxylation is 1. The molecule has 0 unspecified atom stereocenters. The summed E-state index contributed by atoms with van der Waals surface area (Å²) in [4.78, 5) is 17.8. The number of benzene rings is 2. The van der Waals surface area contributed by atoms with Gasteiger partial charge in [-0.25, -0.2) is 13.8 Å². The first-order valence-corrected chi connectivity index (χ1v) is 9.79. The van der Waals surface area contributed by atoms with Crippen molar-refractivity contribution in [2.75, 3.05) is 24.6 Å². The second kappa shape index (κ2) is 7.99. The molecule has 0 amide bonds. The highest BCUT2D eigenvalue weighted by atomic mass is 35.5. The Bertz CT molecular complexity index is 1090. The van der Waals surface area contributed by atoms with Gasteiger partial charge in [-0.3, -0.25) is 4.79 Å². The fraction of sp³-hybridized carbons (Fsp3) is 0.333. The highest BCUT2D eigenvalue weighted by Gasteiger charge is 2.25. The molecule has 1 aromatic heterocycles. The number of hydrogen-bond acceptors (Lipinski definition) is 4. The van der Waals surface area contributed by atoms with Crippen LogP contribution in [0.3, 0.4) is 0 Å². The van der Waals surface area contributed by atoms with Gasteiger partial charge >= 0.3 is 0 Å². The average molecular weight is 420 g/mol. The van der Waals surface area contributed by atoms with Crippen molar-refractivity contribution in [2.45, 2.75) is 12.8 Å². The maximum Gasteiger partial charge on any atom is 0.269 e. The van der Waals surface area contributed by atoms with Crippen LogP contribution in [0.4, 0.5) is 14.5 Å². The molecule has 0 spiro atoms. The van der Waals surface area contributed by atoms with Crippen LogP contribution in [-0.2, 0) is 7.05 Å². The van der Waals surface area contributed by atoms with Crippen molar-refractivity contribution < 1.29 is 13.5 Å². The third-order valence-corrected chi connectivity index (χ3v) is 5.56.